The van der Waals surface area contributed by atoms with Crippen molar-refractivity contribution in [3.63, 3.8) is 0 Å². The molecule has 1 saturated heterocycles. The van der Waals surface area contributed by atoms with E-state index >= 15 is 0 Å². The van der Waals surface area contributed by atoms with E-state index in [1.165, 1.54) is 25.0 Å². The van der Waals surface area contributed by atoms with E-state index in [1.54, 1.807) is 19.2 Å². The van der Waals surface area contributed by atoms with E-state index in [-0.39, 0.29) is 54.1 Å². The van der Waals surface area contributed by atoms with Crippen molar-refractivity contribution in [1.29, 1.82) is 0 Å². The summed E-state index contributed by atoms with van der Waals surface area (Å²) in [5.41, 5.74) is 0.649. The van der Waals surface area contributed by atoms with Gasteiger partial charge < -0.3 is 20.9 Å². The molecule has 3 rings (SSSR count). The third-order valence-electron chi connectivity index (χ3n) is 5.76. The molecule has 0 radical (unpaired) electrons. The van der Waals surface area contributed by atoms with E-state index in [0.29, 0.717) is 37.1 Å². The standard InChI is InChI=1S/C22H32FN5O2.HI/c1-24-22(26-11-10-25-20(29)14-16-5-4-8-18(23)13-16)27-19-9-12-28(15-19)21(30)17-6-2-3-7-17;/h4-5,8,13,17,19H,2-3,6-7,9-12,14-15H2,1H3,(H,25,29)(H2,24,26,27);1H. The second-order valence-electron chi connectivity index (χ2n) is 8.05. The van der Waals surface area contributed by atoms with Crippen LogP contribution in [-0.2, 0) is 16.0 Å². The number of carbonyl (C=O) groups is 2. The molecule has 2 fully saturated rings. The third kappa shape index (κ3) is 7.93. The van der Waals surface area contributed by atoms with E-state index in [1.807, 2.05) is 4.90 Å². The van der Waals surface area contributed by atoms with Crippen LogP contribution in [0.3, 0.4) is 0 Å². The largest absolute Gasteiger partial charge is 0.355 e. The maximum Gasteiger partial charge on any atom is 0.225 e. The number of rotatable bonds is 7. The molecule has 2 amide bonds. The van der Waals surface area contributed by atoms with E-state index in [2.05, 4.69) is 20.9 Å². The van der Waals surface area contributed by atoms with Crippen molar-refractivity contribution in [3.8, 4) is 0 Å². The van der Waals surface area contributed by atoms with Crippen LogP contribution >= 0.6 is 24.0 Å². The summed E-state index contributed by atoms with van der Waals surface area (Å²) in [6.45, 7) is 2.46. The van der Waals surface area contributed by atoms with E-state index in [9.17, 15) is 14.0 Å². The monoisotopic (exact) mass is 545 g/mol. The van der Waals surface area contributed by atoms with Crippen LogP contribution in [0.2, 0.25) is 0 Å². The summed E-state index contributed by atoms with van der Waals surface area (Å²) in [6, 6.07) is 6.24. The molecule has 1 saturated carbocycles. The molecule has 1 unspecified atom stereocenters. The van der Waals surface area contributed by atoms with Gasteiger partial charge in [0.15, 0.2) is 5.96 Å². The molecule has 1 heterocycles. The number of hydrogen-bond donors (Lipinski definition) is 3. The molecular weight excluding hydrogens is 512 g/mol. The van der Waals surface area contributed by atoms with E-state index in [4.69, 9.17) is 0 Å². The van der Waals surface area contributed by atoms with Gasteiger partial charge >= 0.3 is 0 Å². The van der Waals surface area contributed by atoms with Gasteiger partial charge in [-0.15, -0.1) is 24.0 Å². The highest BCUT2D eigenvalue weighted by molar-refractivity contribution is 14.0. The predicted octanol–water partition coefficient (Wildman–Crippen LogP) is 2.06. The highest BCUT2D eigenvalue weighted by Gasteiger charge is 2.32. The number of aliphatic imine (C=N–C) groups is 1. The third-order valence-corrected chi connectivity index (χ3v) is 5.76. The van der Waals surface area contributed by atoms with Gasteiger partial charge in [0.05, 0.1) is 6.42 Å². The molecule has 0 spiro atoms. The molecule has 1 aliphatic carbocycles. The number of carbonyl (C=O) groups excluding carboxylic acids is 2. The minimum absolute atomic E-state index is 0. The summed E-state index contributed by atoms with van der Waals surface area (Å²) in [5.74, 6) is 0.696. The van der Waals surface area contributed by atoms with Crippen molar-refractivity contribution in [2.45, 2.75) is 44.6 Å². The lowest BCUT2D eigenvalue weighted by Crippen LogP contribution is -2.47. The number of guanidine groups is 1. The quantitative estimate of drug-likeness (QED) is 0.212. The number of likely N-dealkylation sites (tertiary alicyclic amines) is 1. The zero-order valence-corrected chi connectivity index (χ0v) is 20.4. The summed E-state index contributed by atoms with van der Waals surface area (Å²) < 4.78 is 13.2. The normalized spacial score (nSPS) is 19.1. The molecule has 0 aromatic heterocycles. The van der Waals surface area contributed by atoms with E-state index < -0.39 is 0 Å². The number of nitrogens with one attached hydrogen (secondary N) is 3. The van der Waals surface area contributed by atoms with Crippen LogP contribution in [0.1, 0.15) is 37.7 Å². The molecule has 31 heavy (non-hydrogen) atoms. The average molecular weight is 545 g/mol. The van der Waals surface area contributed by atoms with Crippen LogP contribution < -0.4 is 16.0 Å². The van der Waals surface area contributed by atoms with Crippen molar-refractivity contribution in [1.82, 2.24) is 20.9 Å². The van der Waals surface area contributed by atoms with Crippen LogP contribution in [0.4, 0.5) is 4.39 Å². The Bertz CT molecular complexity index is 770. The maximum absolute atomic E-state index is 13.2. The molecular formula is C22H33FIN5O2. The molecule has 1 aliphatic heterocycles. The fraction of sp³-hybridized carbons (Fsp3) is 0.591. The fourth-order valence-corrected chi connectivity index (χ4v) is 4.17. The Labute approximate surface area is 200 Å². The molecule has 172 valence electrons. The van der Waals surface area contributed by atoms with Gasteiger partial charge in [-0.1, -0.05) is 25.0 Å². The summed E-state index contributed by atoms with van der Waals surface area (Å²) in [7, 11) is 1.70. The lowest BCUT2D eigenvalue weighted by atomic mass is 10.1. The molecule has 3 N–H and O–H groups in total. The fourth-order valence-electron chi connectivity index (χ4n) is 4.17. The smallest absolute Gasteiger partial charge is 0.225 e. The number of benzene rings is 1. The molecule has 9 heteroatoms. The van der Waals surface area contributed by atoms with Crippen LogP contribution in [0, 0.1) is 11.7 Å². The molecule has 2 aliphatic rings. The molecule has 0 bridgehead atoms. The van der Waals surface area contributed by atoms with Gasteiger partial charge in [-0.05, 0) is 37.0 Å². The van der Waals surface area contributed by atoms with Crippen molar-refractivity contribution < 1.29 is 14.0 Å². The Balaban J connectivity index is 0.00000341. The van der Waals surface area contributed by atoms with Gasteiger partial charge in [-0.25, -0.2) is 4.39 Å². The number of hydrogen-bond acceptors (Lipinski definition) is 3. The van der Waals surface area contributed by atoms with E-state index in [0.717, 1.165) is 25.8 Å². The zero-order valence-electron chi connectivity index (χ0n) is 18.0. The first-order valence-electron chi connectivity index (χ1n) is 10.8. The summed E-state index contributed by atoms with van der Waals surface area (Å²) in [5, 5.41) is 9.37. The molecule has 1 aromatic rings. The Morgan fingerprint density at radius 3 is 2.61 bits per heavy atom. The second-order valence-corrected chi connectivity index (χ2v) is 8.05. The van der Waals surface area contributed by atoms with Gasteiger partial charge in [0.25, 0.3) is 0 Å². The van der Waals surface area contributed by atoms with Gasteiger partial charge in [-0.2, -0.15) is 0 Å². The first kappa shape index (κ1) is 25.4. The van der Waals surface area contributed by atoms with Crippen LogP contribution in [0.5, 0.6) is 0 Å². The lowest BCUT2D eigenvalue weighted by molar-refractivity contribution is -0.134. The van der Waals surface area contributed by atoms with Gasteiger partial charge in [0.2, 0.25) is 11.8 Å². The SMILES string of the molecule is CN=C(NCCNC(=O)Cc1cccc(F)c1)NC1CCN(C(=O)C2CCCC2)C1.I. The highest BCUT2D eigenvalue weighted by atomic mass is 127. The molecule has 1 atom stereocenters. The Kier molecular flexibility index (Phi) is 10.5. The van der Waals surface area contributed by atoms with Crippen molar-refractivity contribution in [2.75, 3.05) is 33.2 Å². The summed E-state index contributed by atoms with van der Waals surface area (Å²) in [4.78, 5) is 30.8. The van der Waals surface area contributed by atoms with Crippen LogP contribution in [0.25, 0.3) is 0 Å². The lowest BCUT2D eigenvalue weighted by Gasteiger charge is -2.21. The second kappa shape index (κ2) is 12.8. The van der Waals surface area contributed by atoms with Crippen LogP contribution in [0.15, 0.2) is 29.3 Å². The van der Waals surface area contributed by atoms with Gasteiger partial charge in [0, 0.05) is 45.2 Å². The maximum atomic E-state index is 13.2. The highest BCUT2D eigenvalue weighted by Crippen LogP contribution is 2.27. The molecule has 1 aromatic carbocycles. The number of nitrogens with zero attached hydrogens (tertiary/aromatic N) is 2. The van der Waals surface area contributed by atoms with Crippen molar-refractivity contribution in [3.05, 3.63) is 35.6 Å². The Morgan fingerprint density at radius 2 is 1.90 bits per heavy atom. The number of amides is 2. The topological polar surface area (TPSA) is 85.8 Å². The van der Waals surface area contributed by atoms with Gasteiger partial charge in [-0.3, -0.25) is 14.6 Å². The molecule has 7 nitrogen and oxygen atoms in total. The first-order valence-corrected chi connectivity index (χ1v) is 10.8. The first-order chi connectivity index (χ1) is 14.5. The van der Waals surface area contributed by atoms with Crippen LogP contribution in [-0.4, -0.2) is 61.9 Å². The van der Waals surface area contributed by atoms with Crippen molar-refractivity contribution >= 4 is 41.8 Å². The average Bonchev–Trinajstić information content (AvgIpc) is 3.42. The Morgan fingerprint density at radius 1 is 1.16 bits per heavy atom. The Hall–Kier alpha value is -1.91. The van der Waals surface area contributed by atoms with Gasteiger partial charge in [0.1, 0.15) is 5.82 Å². The number of halogens is 2. The predicted molar refractivity (Wildman–Crippen MR) is 130 cm³/mol. The summed E-state index contributed by atoms with van der Waals surface area (Å²) in [6.07, 6.45) is 5.45. The minimum atomic E-state index is -0.340. The van der Waals surface area contributed by atoms with Crippen molar-refractivity contribution in [2.24, 2.45) is 10.9 Å². The minimum Gasteiger partial charge on any atom is -0.355 e. The summed E-state index contributed by atoms with van der Waals surface area (Å²) >= 11 is 0. The zero-order chi connectivity index (χ0) is 21.3.